The molecule has 4 aliphatic carbocycles. The second-order valence-corrected chi connectivity index (χ2v) is 13.0. The van der Waals surface area contributed by atoms with Gasteiger partial charge < -0.3 is 15.4 Å². The molecule has 0 saturated heterocycles. The molecule has 1 aromatic carbocycles. The normalized spacial score (nSPS) is 27.6. The second kappa shape index (κ2) is 9.19. The Kier molecular flexibility index (Phi) is 6.18. The first-order valence-corrected chi connectivity index (χ1v) is 14.2. The van der Waals surface area contributed by atoms with Crippen molar-refractivity contribution in [3.05, 3.63) is 66.9 Å². The van der Waals surface area contributed by atoms with Crippen LogP contribution in [0.15, 0.2) is 34.9 Å². The Balaban J connectivity index is 1.20. The van der Waals surface area contributed by atoms with Crippen LogP contribution < -0.4 is 5.32 Å². The molecule has 1 amide bonds. The molecule has 200 valence electrons. The predicted molar refractivity (Wildman–Crippen MR) is 147 cm³/mol. The van der Waals surface area contributed by atoms with Gasteiger partial charge in [-0.15, -0.1) is 0 Å². The fraction of sp³-hybridized carbons (Fsp3) is 0.519. The van der Waals surface area contributed by atoms with Gasteiger partial charge in [0.05, 0.1) is 27.3 Å². The first-order chi connectivity index (χ1) is 18.0. The Morgan fingerprint density at radius 1 is 1.18 bits per heavy atom. The molecule has 0 aliphatic heterocycles. The summed E-state index contributed by atoms with van der Waals surface area (Å²) in [5.74, 6) is 1.14. The van der Waals surface area contributed by atoms with Crippen LogP contribution >= 0.6 is 27.5 Å². The van der Waals surface area contributed by atoms with E-state index in [9.17, 15) is 14.9 Å². The van der Waals surface area contributed by atoms with E-state index in [0.29, 0.717) is 36.3 Å². The number of halogens is 2. The molecular weight excluding hydrogens is 572 g/mol. The van der Waals surface area contributed by atoms with Crippen LogP contribution in [-0.4, -0.2) is 30.4 Å². The molecule has 0 spiro atoms. The number of nitrogens with zero attached hydrogens (tertiary/aromatic N) is 5. The number of nitro groups is 1. The van der Waals surface area contributed by atoms with Crippen LogP contribution in [0.3, 0.4) is 0 Å². The van der Waals surface area contributed by atoms with Gasteiger partial charge in [0.25, 0.3) is 0 Å². The van der Waals surface area contributed by atoms with Crippen LogP contribution in [-0.2, 0) is 16.9 Å². The molecule has 38 heavy (non-hydrogen) atoms. The fourth-order valence-corrected chi connectivity index (χ4v) is 8.47. The van der Waals surface area contributed by atoms with E-state index in [1.165, 1.54) is 5.56 Å². The highest BCUT2D eigenvalue weighted by atomic mass is 79.9. The maximum Gasteiger partial charge on any atom is 0.408 e. The maximum atomic E-state index is 13.4. The van der Waals surface area contributed by atoms with Gasteiger partial charge >= 0.3 is 5.82 Å². The fourth-order valence-electron chi connectivity index (χ4n) is 7.86. The molecule has 4 aliphatic rings. The molecular formula is C27H30BrClN6O3. The minimum atomic E-state index is -0.509. The van der Waals surface area contributed by atoms with Gasteiger partial charge in [0.15, 0.2) is 10.8 Å². The number of amides is 1. The number of aromatic nitrogens is 4. The van der Waals surface area contributed by atoms with E-state index in [0.717, 1.165) is 48.6 Å². The number of nitrogens with one attached hydrogen (secondary N) is 1. The molecule has 3 aromatic rings. The van der Waals surface area contributed by atoms with Crippen molar-refractivity contribution in [2.75, 3.05) is 5.32 Å². The number of aryl methyl sites for hydroxylation is 1. The molecule has 4 bridgehead atoms. The predicted octanol–water partition coefficient (Wildman–Crippen LogP) is 6.39. The highest BCUT2D eigenvalue weighted by Crippen LogP contribution is 2.65. The number of benzene rings is 1. The van der Waals surface area contributed by atoms with Crippen LogP contribution in [0.1, 0.15) is 61.8 Å². The average molecular weight is 602 g/mol. The lowest BCUT2D eigenvalue weighted by Crippen LogP contribution is -2.57. The summed E-state index contributed by atoms with van der Waals surface area (Å²) >= 11 is 9.88. The highest BCUT2D eigenvalue weighted by Gasteiger charge is 2.60. The Bertz CT molecular complexity index is 1420. The zero-order valence-corrected chi connectivity index (χ0v) is 23.8. The SMILES string of the molecule is Cc1ccc(Cn2cc(Br)c(NC(=O)CC34CC5CC(C3)CC(n3nc([N+](=O)[O-])c(Cl)c3C)(C5)C4)n2)cc1. The number of anilines is 1. The molecule has 2 heterocycles. The van der Waals surface area contributed by atoms with E-state index in [1.807, 2.05) is 22.5 Å². The molecule has 4 saturated carbocycles. The minimum absolute atomic E-state index is 0.0513. The van der Waals surface area contributed by atoms with Crippen LogP contribution in [0.5, 0.6) is 0 Å². The first-order valence-electron chi connectivity index (χ1n) is 13.0. The van der Waals surface area contributed by atoms with E-state index in [4.69, 9.17) is 11.6 Å². The summed E-state index contributed by atoms with van der Waals surface area (Å²) in [6.45, 7) is 4.48. The van der Waals surface area contributed by atoms with Crippen molar-refractivity contribution in [3.8, 4) is 0 Å². The third kappa shape index (κ3) is 4.45. The summed E-state index contributed by atoms with van der Waals surface area (Å²) in [5.41, 5.74) is 2.49. The summed E-state index contributed by atoms with van der Waals surface area (Å²) in [6.07, 6.45) is 8.06. The number of carbonyl (C=O) groups is 1. The lowest BCUT2D eigenvalue weighted by atomic mass is 9.46. The molecule has 2 aromatic heterocycles. The van der Waals surface area contributed by atoms with Crippen molar-refractivity contribution in [2.45, 2.75) is 70.9 Å². The van der Waals surface area contributed by atoms with Gasteiger partial charge in [-0.1, -0.05) is 41.4 Å². The van der Waals surface area contributed by atoms with Crippen molar-refractivity contribution in [2.24, 2.45) is 17.3 Å². The van der Waals surface area contributed by atoms with Crippen LogP contribution in [0.25, 0.3) is 0 Å². The van der Waals surface area contributed by atoms with Crippen LogP contribution in [0.2, 0.25) is 5.02 Å². The van der Waals surface area contributed by atoms with Crippen molar-refractivity contribution in [1.82, 2.24) is 19.6 Å². The van der Waals surface area contributed by atoms with E-state index in [1.54, 1.807) is 0 Å². The maximum absolute atomic E-state index is 13.4. The summed E-state index contributed by atoms with van der Waals surface area (Å²) in [6, 6.07) is 8.31. The molecule has 4 fully saturated rings. The van der Waals surface area contributed by atoms with Crippen molar-refractivity contribution >= 4 is 45.1 Å². The van der Waals surface area contributed by atoms with Gasteiger partial charge in [0.2, 0.25) is 5.91 Å². The molecule has 0 radical (unpaired) electrons. The Hall–Kier alpha value is -2.72. The van der Waals surface area contributed by atoms with Crippen molar-refractivity contribution < 1.29 is 9.72 Å². The minimum Gasteiger partial charge on any atom is -0.358 e. The van der Waals surface area contributed by atoms with Crippen LogP contribution in [0, 0.1) is 41.2 Å². The first kappa shape index (κ1) is 25.6. The van der Waals surface area contributed by atoms with E-state index in [2.05, 4.69) is 62.6 Å². The average Bonchev–Trinajstić information content (AvgIpc) is 3.32. The molecule has 1 N–H and O–H groups in total. The number of hydrogen-bond acceptors (Lipinski definition) is 5. The van der Waals surface area contributed by atoms with Gasteiger partial charge in [0, 0.05) is 12.6 Å². The van der Waals surface area contributed by atoms with E-state index >= 15 is 0 Å². The Morgan fingerprint density at radius 3 is 2.50 bits per heavy atom. The Morgan fingerprint density at radius 2 is 1.87 bits per heavy atom. The highest BCUT2D eigenvalue weighted by molar-refractivity contribution is 9.10. The summed E-state index contributed by atoms with van der Waals surface area (Å²) in [7, 11) is 0. The number of carbonyl (C=O) groups excluding carboxylic acids is 1. The smallest absolute Gasteiger partial charge is 0.358 e. The molecule has 2 unspecified atom stereocenters. The standard InChI is InChI=1S/C27H30BrClN6O3/c1-16-3-5-18(6-4-16)13-33-14-21(28)24(31-33)30-22(36)12-26-8-19-7-20(9-26)11-27(10-19,15-26)34-17(2)23(29)25(32-34)35(37)38/h3-6,14,19-20H,7-13,15H2,1-2H3,(H,30,31,36). The third-order valence-electron chi connectivity index (χ3n) is 8.78. The van der Waals surface area contributed by atoms with Crippen molar-refractivity contribution in [1.29, 1.82) is 0 Å². The topological polar surface area (TPSA) is 108 Å². The summed E-state index contributed by atoms with van der Waals surface area (Å²) < 4.78 is 4.40. The van der Waals surface area contributed by atoms with Crippen LogP contribution in [0.4, 0.5) is 11.6 Å². The van der Waals surface area contributed by atoms with Gasteiger partial charge in [-0.3, -0.25) is 9.48 Å². The largest absolute Gasteiger partial charge is 0.408 e. The second-order valence-electron chi connectivity index (χ2n) is 11.8. The van der Waals surface area contributed by atoms with E-state index < -0.39 is 4.92 Å². The Labute approximate surface area is 234 Å². The quantitative estimate of drug-likeness (QED) is 0.249. The van der Waals surface area contributed by atoms with Gasteiger partial charge in [-0.25, -0.2) is 0 Å². The monoisotopic (exact) mass is 600 g/mol. The lowest BCUT2D eigenvalue weighted by molar-refractivity contribution is -0.389. The number of hydrogen-bond donors (Lipinski definition) is 1. The molecule has 2 atom stereocenters. The zero-order valence-electron chi connectivity index (χ0n) is 21.4. The lowest BCUT2D eigenvalue weighted by Gasteiger charge is -2.61. The van der Waals surface area contributed by atoms with Gasteiger partial charge in [-0.2, -0.15) is 9.78 Å². The summed E-state index contributed by atoms with van der Waals surface area (Å²) in [4.78, 5) is 24.4. The van der Waals surface area contributed by atoms with E-state index in [-0.39, 0.29) is 27.7 Å². The summed E-state index contributed by atoms with van der Waals surface area (Å²) in [5, 5.41) is 23.7. The van der Waals surface area contributed by atoms with Gasteiger partial charge in [-0.05, 0) is 96.0 Å². The van der Waals surface area contributed by atoms with Crippen molar-refractivity contribution in [3.63, 3.8) is 0 Å². The third-order valence-corrected chi connectivity index (χ3v) is 9.80. The number of rotatable bonds is 7. The molecule has 11 heteroatoms. The molecule has 9 nitrogen and oxygen atoms in total. The zero-order chi connectivity index (χ0) is 26.8. The molecule has 7 rings (SSSR count). The van der Waals surface area contributed by atoms with Gasteiger partial charge in [0.1, 0.15) is 0 Å².